The van der Waals surface area contributed by atoms with Crippen molar-refractivity contribution in [2.24, 2.45) is 0 Å². The van der Waals surface area contributed by atoms with E-state index in [1.165, 1.54) is 48.5 Å². The SMILES string of the molecule is CON(O[PH](=O)ON(OC)C(=O)c1ccccc1O)C(=O)c1ccccc1O. The van der Waals surface area contributed by atoms with Crippen molar-refractivity contribution in [2.75, 3.05) is 14.2 Å². The normalized spacial score (nSPS) is 10.7. The van der Waals surface area contributed by atoms with E-state index < -0.39 is 20.1 Å². The number of amides is 2. The van der Waals surface area contributed by atoms with Crippen LogP contribution < -0.4 is 0 Å². The van der Waals surface area contributed by atoms with Crippen molar-refractivity contribution in [1.82, 2.24) is 10.5 Å². The Morgan fingerprint density at radius 3 is 1.46 bits per heavy atom. The molecule has 11 nitrogen and oxygen atoms in total. The van der Waals surface area contributed by atoms with Crippen molar-refractivity contribution in [1.29, 1.82) is 0 Å². The smallest absolute Gasteiger partial charge is 0.366 e. The summed E-state index contributed by atoms with van der Waals surface area (Å²) < 4.78 is 21.6. The van der Waals surface area contributed by atoms with Gasteiger partial charge in [-0.1, -0.05) is 34.7 Å². The number of nitrogens with zero attached hydrogens (tertiary/aromatic N) is 2. The highest BCUT2D eigenvalue weighted by Crippen LogP contribution is 2.31. The number of aromatic hydroxyl groups is 2. The van der Waals surface area contributed by atoms with E-state index in [-0.39, 0.29) is 33.1 Å². The molecule has 0 spiro atoms. The number of carbonyl (C=O) groups is 2. The molecule has 0 aliphatic heterocycles. The van der Waals surface area contributed by atoms with Gasteiger partial charge in [-0.25, -0.2) is 9.68 Å². The molecule has 0 aromatic heterocycles. The Bertz CT molecular complexity index is 807. The zero-order chi connectivity index (χ0) is 20.7. The number of carbonyl (C=O) groups excluding carboxylic acids is 2. The van der Waals surface area contributed by atoms with E-state index in [0.29, 0.717) is 0 Å². The molecule has 0 saturated heterocycles. The first-order valence-electron chi connectivity index (χ1n) is 7.62. The largest absolute Gasteiger partial charge is 0.507 e. The number of hydrogen-bond donors (Lipinski definition) is 2. The molecular formula is C16H17N2O9P. The molecule has 0 radical (unpaired) electrons. The van der Waals surface area contributed by atoms with Crippen LogP contribution >= 0.6 is 8.25 Å². The molecule has 2 rings (SSSR count). The highest BCUT2D eigenvalue weighted by molar-refractivity contribution is 7.33. The molecule has 0 atom stereocenters. The second-order valence-corrected chi connectivity index (χ2v) is 5.82. The minimum absolute atomic E-state index is 0.187. The summed E-state index contributed by atoms with van der Waals surface area (Å²) >= 11 is 0. The molecule has 0 unspecified atom stereocenters. The van der Waals surface area contributed by atoms with Gasteiger partial charge in [0, 0.05) is 0 Å². The maximum absolute atomic E-state index is 12.3. The van der Waals surface area contributed by atoms with Crippen LogP contribution in [0.15, 0.2) is 48.5 Å². The fourth-order valence-corrected chi connectivity index (χ4v) is 2.60. The van der Waals surface area contributed by atoms with Crippen molar-refractivity contribution in [3.63, 3.8) is 0 Å². The number of benzene rings is 2. The average Bonchev–Trinajstić information content (AvgIpc) is 2.70. The number of rotatable bonds is 8. The van der Waals surface area contributed by atoms with Crippen LogP contribution in [0.3, 0.4) is 0 Å². The average molecular weight is 412 g/mol. The highest BCUT2D eigenvalue weighted by Gasteiger charge is 2.26. The Labute approximate surface area is 160 Å². The lowest BCUT2D eigenvalue weighted by atomic mass is 10.2. The van der Waals surface area contributed by atoms with Gasteiger partial charge in [0.05, 0.1) is 25.3 Å². The molecule has 0 saturated carbocycles. The fraction of sp³-hybridized carbons (Fsp3) is 0.125. The van der Waals surface area contributed by atoms with E-state index in [4.69, 9.17) is 9.25 Å². The summed E-state index contributed by atoms with van der Waals surface area (Å²) in [4.78, 5) is 33.9. The van der Waals surface area contributed by atoms with Crippen LogP contribution in [0.25, 0.3) is 0 Å². The van der Waals surface area contributed by atoms with Gasteiger partial charge in [-0.3, -0.25) is 14.2 Å². The van der Waals surface area contributed by atoms with E-state index in [1.54, 1.807) is 0 Å². The standard InChI is InChI=1S/C16H17N2O9P/c1-24-17(15(21)11-7-3-5-9-13(11)19)26-28(23)27-18(25-2)16(22)12-8-4-6-10-14(12)20/h3-10,19-20,28H,1-2H3. The number of hydrogen-bond acceptors (Lipinski definition) is 9. The van der Waals surface area contributed by atoms with Crippen LogP contribution in [-0.4, -0.2) is 46.7 Å². The molecule has 0 fully saturated rings. The van der Waals surface area contributed by atoms with Crippen LogP contribution in [0.1, 0.15) is 20.7 Å². The monoisotopic (exact) mass is 412 g/mol. The molecule has 2 aromatic rings. The van der Waals surface area contributed by atoms with Gasteiger partial charge in [0.15, 0.2) is 0 Å². The minimum Gasteiger partial charge on any atom is -0.507 e. The second kappa shape index (κ2) is 9.83. The molecule has 150 valence electrons. The topological polar surface area (TPSA) is 135 Å². The third-order valence-corrected chi connectivity index (χ3v) is 3.88. The zero-order valence-corrected chi connectivity index (χ0v) is 15.8. The third kappa shape index (κ3) is 5.06. The summed E-state index contributed by atoms with van der Waals surface area (Å²) in [6.45, 7) is 0. The molecule has 2 amide bonds. The van der Waals surface area contributed by atoms with Crippen molar-refractivity contribution < 1.29 is 43.3 Å². The fourth-order valence-electron chi connectivity index (χ4n) is 1.98. The first-order valence-corrected chi connectivity index (χ1v) is 8.84. The van der Waals surface area contributed by atoms with Crippen LogP contribution in [0.5, 0.6) is 11.5 Å². The Morgan fingerprint density at radius 1 is 0.786 bits per heavy atom. The highest BCUT2D eigenvalue weighted by atomic mass is 31.1. The van der Waals surface area contributed by atoms with Gasteiger partial charge >= 0.3 is 20.1 Å². The van der Waals surface area contributed by atoms with E-state index in [2.05, 4.69) is 9.68 Å². The summed E-state index contributed by atoms with van der Waals surface area (Å²) in [5, 5.41) is 19.9. The molecule has 12 heteroatoms. The summed E-state index contributed by atoms with van der Waals surface area (Å²) in [6.07, 6.45) is 0. The summed E-state index contributed by atoms with van der Waals surface area (Å²) in [7, 11) is -1.49. The maximum atomic E-state index is 12.3. The number of phenolic OH excluding ortho intramolecular Hbond substituents is 2. The van der Waals surface area contributed by atoms with Crippen LogP contribution in [0, 0.1) is 0 Å². The molecule has 0 aliphatic rings. The molecule has 2 N–H and O–H groups in total. The first kappa shape index (κ1) is 21.4. The van der Waals surface area contributed by atoms with Crippen LogP contribution in [-0.2, 0) is 23.5 Å². The molecule has 2 aromatic carbocycles. The molecule has 28 heavy (non-hydrogen) atoms. The van der Waals surface area contributed by atoms with Crippen LogP contribution in [0.2, 0.25) is 0 Å². The first-order chi connectivity index (χ1) is 13.4. The molecule has 0 heterocycles. The maximum Gasteiger partial charge on any atom is 0.366 e. The Kier molecular flexibility index (Phi) is 7.50. The molecule has 0 bridgehead atoms. The van der Waals surface area contributed by atoms with E-state index >= 15 is 0 Å². The van der Waals surface area contributed by atoms with Crippen molar-refractivity contribution in [3.05, 3.63) is 59.7 Å². The Balaban J connectivity index is 2.08. The van der Waals surface area contributed by atoms with E-state index in [1.807, 2.05) is 0 Å². The Morgan fingerprint density at radius 2 is 1.14 bits per heavy atom. The van der Waals surface area contributed by atoms with Gasteiger partial charge < -0.3 is 10.2 Å². The lowest BCUT2D eigenvalue weighted by Crippen LogP contribution is -2.31. The van der Waals surface area contributed by atoms with E-state index in [0.717, 1.165) is 14.2 Å². The van der Waals surface area contributed by atoms with Crippen LogP contribution in [0.4, 0.5) is 0 Å². The lowest BCUT2D eigenvalue weighted by molar-refractivity contribution is -0.290. The number of para-hydroxylation sites is 2. The second-order valence-electron chi connectivity index (χ2n) is 4.96. The van der Waals surface area contributed by atoms with Gasteiger partial charge in [-0.05, 0) is 24.3 Å². The molecule has 0 aliphatic carbocycles. The van der Waals surface area contributed by atoms with Gasteiger partial charge in [-0.15, -0.1) is 0 Å². The van der Waals surface area contributed by atoms with Crippen molar-refractivity contribution in [2.45, 2.75) is 0 Å². The van der Waals surface area contributed by atoms with E-state index in [9.17, 15) is 24.4 Å². The van der Waals surface area contributed by atoms with Crippen molar-refractivity contribution >= 4 is 20.1 Å². The predicted octanol–water partition coefficient (Wildman–Crippen LogP) is 2.06. The number of phenols is 2. The van der Waals surface area contributed by atoms with Crippen molar-refractivity contribution in [3.8, 4) is 11.5 Å². The summed E-state index contributed by atoms with van der Waals surface area (Å²) in [5.41, 5.74) is -0.374. The van der Waals surface area contributed by atoms with Gasteiger partial charge in [-0.2, -0.15) is 9.25 Å². The van der Waals surface area contributed by atoms with Gasteiger partial charge in [0.2, 0.25) is 0 Å². The van der Waals surface area contributed by atoms with Gasteiger partial charge in [0.25, 0.3) is 0 Å². The molecular weight excluding hydrogens is 395 g/mol. The summed E-state index contributed by atoms with van der Waals surface area (Å²) in [6, 6.07) is 11.1. The minimum atomic E-state index is -3.59. The Hall–Kier alpha value is -2.95. The number of hydroxylamine groups is 4. The lowest BCUT2D eigenvalue weighted by Gasteiger charge is -2.21. The predicted molar refractivity (Wildman–Crippen MR) is 93.7 cm³/mol. The quantitative estimate of drug-likeness (QED) is 0.493. The zero-order valence-electron chi connectivity index (χ0n) is 14.8. The summed E-state index contributed by atoms with van der Waals surface area (Å²) in [5.74, 6) is -2.66. The third-order valence-electron chi connectivity index (χ3n) is 3.25. The van der Waals surface area contributed by atoms with Gasteiger partial charge in [0.1, 0.15) is 11.5 Å².